The molecule has 22 heavy (non-hydrogen) atoms. The second-order valence-electron chi connectivity index (χ2n) is 5.34. The number of hydrogen-bond acceptors (Lipinski definition) is 3. The van der Waals surface area contributed by atoms with Gasteiger partial charge in [-0.2, -0.15) is 0 Å². The topological polar surface area (TPSA) is 70.2 Å². The standard InChI is InChI=1S/C15H20BrN3O2.ClH/c1-10(20)19-14(12-2-4-13(16)5-3-12)6-15(21)18-9-11-7-17-8-11;/h2-5,11,14,17H,6-9H2,1H3,(H,18,21)(H,19,20);1H. The van der Waals surface area contributed by atoms with Gasteiger partial charge >= 0.3 is 0 Å². The number of amides is 2. The summed E-state index contributed by atoms with van der Waals surface area (Å²) in [4.78, 5) is 23.4. The van der Waals surface area contributed by atoms with Crippen molar-refractivity contribution in [2.75, 3.05) is 19.6 Å². The lowest BCUT2D eigenvalue weighted by molar-refractivity contribution is -0.123. The zero-order chi connectivity index (χ0) is 15.2. The first-order valence-corrected chi connectivity index (χ1v) is 7.84. The molecule has 1 aromatic carbocycles. The van der Waals surface area contributed by atoms with Crippen LogP contribution in [-0.4, -0.2) is 31.4 Å². The summed E-state index contributed by atoms with van der Waals surface area (Å²) in [7, 11) is 0. The van der Waals surface area contributed by atoms with Crippen molar-refractivity contribution < 1.29 is 9.59 Å². The van der Waals surface area contributed by atoms with Crippen molar-refractivity contribution in [3.8, 4) is 0 Å². The first-order valence-electron chi connectivity index (χ1n) is 7.04. The van der Waals surface area contributed by atoms with Crippen LogP contribution in [0.3, 0.4) is 0 Å². The van der Waals surface area contributed by atoms with E-state index < -0.39 is 0 Å². The Morgan fingerprint density at radius 1 is 1.32 bits per heavy atom. The average molecular weight is 391 g/mol. The molecule has 0 aliphatic carbocycles. The van der Waals surface area contributed by atoms with Crippen LogP contribution in [0.5, 0.6) is 0 Å². The normalized spacial score (nSPS) is 15.2. The highest BCUT2D eigenvalue weighted by Crippen LogP contribution is 2.19. The molecule has 1 saturated heterocycles. The molecule has 1 atom stereocenters. The molecule has 0 aromatic heterocycles. The van der Waals surface area contributed by atoms with Crippen LogP contribution in [0.4, 0.5) is 0 Å². The van der Waals surface area contributed by atoms with Crippen LogP contribution in [0, 0.1) is 5.92 Å². The van der Waals surface area contributed by atoms with Crippen molar-refractivity contribution >= 4 is 40.2 Å². The van der Waals surface area contributed by atoms with Crippen molar-refractivity contribution in [3.05, 3.63) is 34.3 Å². The van der Waals surface area contributed by atoms with Gasteiger partial charge in [-0.05, 0) is 17.7 Å². The first-order chi connectivity index (χ1) is 10.0. The Bertz CT molecular complexity index is 506. The molecule has 1 aromatic rings. The van der Waals surface area contributed by atoms with Crippen LogP contribution >= 0.6 is 28.3 Å². The van der Waals surface area contributed by atoms with Crippen LogP contribution in [0.15, 0.2) is 28.7 Å². The third-order valence-corrected chi connectivity index (χ3v) is 4.02. The van der Waals surface area contributed by atoms with Crippen molar-refractivity contribution in [2.24, 2.45) is 5.92 Å². The van der Waals surface area contributed by atoms with Gasteiger partial charge in [0, 0.05) is 36.9 Å². The Balaban J connectivity index is 0.00000242. The molecule has 1 unspecified atom stereocenters. The first kappa shape index (κ1) is 18.9. The maximum absolute atomic E-state index is 12.0. The number of halogens is 2. The number of carbonyl (C=O) groups is 2. The molecule has 0 bridgehead atoms. The van der Waals surface area contributed by atoms with Gasteiger partial charge in [0.2, 0.25) is 11.8 Å². The molecule has 2 rings (SSSR count). The largest absolute Gasteiger partial charge is 0.356 e. The molecule has 0 saturated carbocycles. The van der Waals surface area contributed by atoms with Gasteiger partial charge in [-0.15, -0.1) is 12.4 Å². The molecule has 1 fully saturated rings. The highest BCUT2D eigenvalue weighted by atomic mass is 79.9. The minimum Gasteiger partial charge on any atom is -0.356 e. The van der Waals surface area contributed by atoms with E-state index >= 15 is 0 Å². The highest BCUT2D eigenvalue weighted by Gasteiger charge is 2.20. The molecule has 2 amide bonds. The van der Waals surface area contributed by atoms with E-state index in [2.05, 4.69) is 31.9 Å². The Labute approximate surface area is 145 Å². The molecule has 3 N–H and O–H groups in total. The Kier molecular flexibility index (Phi) is 7.85. The summed E-state index contributed by atoms with van der Waals surface area (Å²) in [5.74, 6) is 0.350. The summed E-state index contributed by atoms with van der Waals surface area (Å²) in [6, 6.07) is 7.33. The summed E-state index contributed by atoms with van der Waals surface area (Å²) in [5.41, 5.74) is 0.925. The highest BCUT2D eigenvalue weighted by molar-refractivity contribution is 9.10. The Morgan fingerprint density at radius 2 is 1.95 bits per heavy atom. The van der Waals surface area contributed by atoms with E-state index in [9.17, 15) is 9.59 Å². The molecule has 122 valence electrons. The molecule has 5 nitrogen and oxygen atoms in total. The molecule has 7 heteroatoms. The van der Waals surface area contributed by atoms with Crippen LogP contribution in [0.25, 0.3) is 0 Å². The SMILES string of the molecule is CC(=O)NC(CC(=O)NCC1CNC1)c1ccc(Br)cc1.Cl. The van der Waals surface area contributed by atoms with Crippen molar-refractivity contribution in [2.45, 2.75) is 19.4 Å². The summed E-state index contributed by atoms with van der Waals surface area (Å²) >= 11 is 3.38. The van der Waals surface area contributed by atoms with Gasteiger partial charge in [0.25, 0.3) is 0 Å². The number of carbonyl (C=O) groups excluding carboxylic acids is 2. The maximum Gasteiger partial charge on any atom is 0.222 e. The zero-order valence-corrected chi connectivity index (χ0v) is 14.8. The monoisotopic (exact) mass is 389 g/mol. The fourth-order valence-electron chi connectivity index (χ4n) is 2.20. The van der Waals surface area contributed by atoms with Crippen molar-refractivity contribution in [3.63, 3.8) is 0 Å². The minimum absolute atomic E-state index is 0. The lowest BCUT2D eigenvalue weighted by Gasteiger charge is -2.27. The minimum atomic E-state index is -0.296. The number of hydrogen-bond donors (Lipinski definition) is 3. The summed E-state index contributed by atoms with van der Waals surface area (Å²) in [6.07, 6.45) is 0.251. The van der Waals surface area contributed by atoms with Crippen molar-refractivity contribution in [1.82, 2.24) is 16.0 Å². The van der Waals surface area contributed by atoms with Gasteiger partial charge in [-0.1, -0.05) is 28.1 Å². The van der Waals surface area contributed by atoms with E-state index in [0.717, 1.165) is 23.1 Å². The van der Waals surface area contributed by atoms with Gasteiger partial charge in [-0.3, -0.25) is 9.59 Å². The molecule has 0 radical (unpaired) electrons. The lowest BCUT2D eigenvalue weighted by Crippen LogP contribution is -2.48. The molecular formula is C15H21BrClN3O2. The quantitative estimate of drug-likeness (QED) is 0.693. The van der Waals surface area contributed by atoms with Gasteiger partial charge < -0.3 is 16.0 Å². The molecule has 1 aliphatic heterocycles. The Morgan fingerprint density at radius 3 is 2.45 bits per heavy atom. The fraction of sp³-hybridized carbons (Fsp3) is 0.467. The Hall–Kier alpha value is -1.11. The van der Waals surface area contributed by atoms with E-state index in [1.54, 1.807) is 0 Å². The van der Waals surface area contributed by atoms with E-state index in [1.165, 1.54) is 6.92 Å². The predicted octanol–water partition coefficient (Wildman–Crippen LogP) is 1.77. The van der Waals surface area contributed by atoms with Crippen LogP contribution in [-0.2, 0) is 9.59 Å². The molecular weight excluding hydrogens is 370 g/mol. The summed E-state index contributed by atoms with van der Waals surface area (Å²) in [6.45, 7) is 4.08. The molecule has 1 aliphatic rings. The summed E-state index contributed by atoms with van der Waals surface area (Å²) in [5, 5.41) is 8.93. The number of rotatable bonds is 6. The predicted molar refractivity (Wildman–Crippen MR) is 91.9 cm³/mol. The smallest absolute Gasteiger partial charge is 0.222 e. The van der Waals surface area contributed by atoms with Crippen LogP contribution < -0.4 is 16.0 Å². The zero-order valence-electron chi connectivity index (χ0n) is 12.4. The third-order valence-electron chi connectivity index (χ3n) is 3.49. The van der Waals surface area contributed by atoms with E-state index in [0.29, 0.717) is 12.5 Å². The van der Waals surface area contributed by atoms with E-state index in [4.69, 9.17) is 0 Å². The fourth-order valence-corrected chi connectivity index (χ4v) is 2.47. The van der Waals surface area contributed by atoms with Crippen LogP contribution in [0.1, 0.15) is 24.9 Å². The van der Waals surface area contributed by atoms with Crippen molar-refractivity contribution in [1.29, 1.82) is 0 Å². The third kappa shape index (κ3) is 5.94. The van der Waals surface area contributed by atoms with E-state index in [-0.39, 0.29) is 36.7 Å². The second-order valence-corrected chi connectivity index (χ2v) is 6.25. The van der Waals surface area contributed by atoms with Gasteiger partial charge in [0.1, 0.15) is 0 Å². The van der Waals surface area contributed by atoms with Gasteiger partial charge in [0.15, 0.2) is 0 Å². The van der Waals surface area contributed by atoms with Crippen LogP contribution in [0.2, 0.25) is 0 Å². The average Bonchev–Trinajstić information content (AvgIpc) is 2.36. The van der Waals surface area contributed by atoms with Gasteiger partial charge in [0.05, 0.1) is 12.5 Å². The molecule has 0 spiro atoms. The second kappa shape index (κ2) is 9.12. The van der Waals surface area contributed by atoms with Gasteiger partial charge in [-0.25, -0.2) is 0 Å². The maximum atomic E-state index is 12.0. The van der Waals surface area contributed by atoms with E-state index in [1.807, 2.05) is 24.3 Å². The lowest BCUT2D eigenvalue weighted by atomic mass is 10.0. The summed E-state index contributed by atoms with van der Waals surface area (Å²) < 4.78 is 0.967. The number of benzene rings is 1. The molecule has 1 heterocycles. The number of nitrogens with one attached hydrogen (secondary N) is 3.